The summed E-state index contributed by atoms with van der Waals surface area (Å²) in [5.74, 6) is -0.191. The molecular weight excluding hydrogens is 331 g/mol. The smallest absolute Gasteiger partial charge is 0.128 e. The van der Waals surface area contributed by atoms with Crippen LogP contribution >= 0.6 is 0 Å². The highest BCUT2D eigenvalue weighted by Crippen LogP contribution is 2.14. The lowest BCUT2D eigenvalue weighted by Gasteiger charge is -2.25. The van der Waals surface area contributed by atoms with Gasteiger partial charge in [-0.25, -0.2) is 4.39 Å². The Kier molecular flexibility index (Phi) is 8.54. The second-order valence-corrected chi connectivity index (χ2v) is 6.47. The number of aliphatic hydroxyl groups excluding tert-OH is 1. The molecule has 0 aliphatic heterocycles. The molecule has 0 fully saturated rings. The molecule has 1 N–H and O–H groups in total. The quantitative estimate of drug-likeness (QED) is 0.589. The molecule has 2 rings (SSSR count). The van der Waals surface area contributed by atoms with Gasteiger partial charge in [-0.2, -0.15) is 0 Å². The van der Waals surface area contributed by atoms with Crippen molar-refractivity contribution in [2.45, 2.75) is 32.0 Å². The van der Waals surface area contributed by atoms with Crippen molar-refractivity contribution in [2.24, 2.45) is 0 Å². The lowest BCUT2D eigenvalue weighted by Crippen LogP contribution is -2.35. The third-order valence-electron chi connectivity index (χ3n) is 4.39. The lowest BCUT2D eigenvalue weighted by atomic mass is 10.2. The Morgan fingerprint density at radius 2 is 2.12 bits per heavy atom. The van der Waals surface area contributed by atoms with Gasteiger partial charge in [0.2, 0.25) is 0 Å². The van der Waals surface area contributed by atoms with Gasteiger partial charge in [0.05, 0.1) is 19.3 Å². The number of nitrogens with zero attached hydrogens (tertiary/aromatic N) is 2. The number of rotatable bonds is 12. The van der Waals surface area contributed by atoms with Crippen LogP contribution in [0.3, 0.4) is 0 Å². The second-order valence-electron chi connectivity index (χ2n) is 6.47. The maximum atomic E-state index is 14.0. The number of aliphatic hydroxyl groups is 1. The van der Waals surface area contributed by atoms with Crippen molar-refractivity contribution >= 4 is 0 Å². The molecule has 0 bridgehead atoms. The summed E-state index contributed by atoms with van der Waals surface area (Å²) in [6.45, 7) is 6.77. The van der Waals surface area contributed by atoms with Crippen LogP contribution in [-0.2, 0) is 17.8 Å². The molecule has 2 aromatic rings. The molecule has 0 spiro atoms. The number of benzene rings is 1. The zero-order chi connectivity index (χ0) is 18.8. The lowest BCUT2D eigenvalue weighted by molar-refractivity contribution is 0.0797. The summed E-state index contributed by atoms with van der Waals surface area (Å²) in [5, 5.41) is 10.2. The van der Waals surface area contributed by atoms with Gasteiger partial charge in [0, 0.05) is 44.2 Å². The normalized spacial score (nSPS) is 12.5. The zero-order valence-corrected chi connectivity index (χ0v) is 15.5. The van der Waals surface area contributed by atoms with Crippen LogP contribution in [0.2, 0.25) is 0 Å². The van der Waals surface area contributed by atoms with Crippen LogP contribution in [-0.4, -0.2) is 47.5 Å². The topological polar surface area (TPSA) is 37.6 Å². The Morgan fingerprint density at radius 1 is 1.31 bits per heavy atom. The molecule has 5 heteroatoms. The number of ether oxygens (including phenoxy) is 1. The summed E-state index contributed by atoms with van der Waals surface area (Å²) in [6.07, 6.45) is 4.87. The first kappa shape index (κ1) is 20.4. The summed E-state index contributed by atoms with van der Waals surface area (Å²) in [4.78, 5) is 2.17. The summed E-state index contributed by atoms with van der Waals surface area (Å²) in [7, 11) is 1.67. The molecule has 0 saturated carbocycles. The van der Waals surface area contributed by atoms with Crippen molar-refractivity contribution in [2.75, 3.05) is 26.8 Å². The Bertz CT molecular complexity index is 672. The number of hydrogen-bond acceptors (Lipinski definition) is 3. The van der Waals surface area contributed by atoms with Crippen LogP contribution in [0.25, 0.3) is 0 Å². The molecule has 0 aliphatic rings. The largest absolute Gasteiger partial charge is 0.392 e. The van der Waals surface area contributed by atoms with Crippen molar-refractivity contribution in [3.05, 3.63) is 72.3 Å². The minimum Gasteiger partial charge on any atom is -0.392 e. The minimum absolute atomic E-state index is 0.191. The summed E-state index contributed by atoms with van der Waals surface area (Å²) >= 11 is 0. The highest BCUT2D eigenvalue weighted by molar-refractivity contribution is 5.19. The first-order valence-electron chi connectivity index (χ1n) is 9.01. The van der Waals surface area contributed by atoms with Crippen LogP contribution in [0.15, 0.2) is 55.3 Å². The molecule has 0 unspecified atom stereocenters. The monoisotopic (exact) mass is 360 g/mol. The van der Waals surface area contributed by atoms with E-state index in [4.69, 9.17) is 4.74 Å². The molecule has 1 atom stereocenters. The minimum atomic E-state index is -0.403. The summed E-state index contributed by atoms with van der Waals surface area (Å²) in [6, 6.07) is 10.9. The average molecular weight is 360 g/mol. The van der Waals surface area contributed by atoms with E-state index in [0.29, 0.717) is 38.2 Å². The molecule has 1 heterocycles. The van der Waals surface area contributed by atoms with Crippen molar-refractivity contribution in [3.63, 3.8) is 0 Å². The standard InChI is InChI=1S/C21H29FN2O2/c1-3-4-10-20(25)17-23(13-14-26-2)16-19-9-7-12-24(19)15-18-8-5-6-11-21(18)22/h3,5-9,11-12,20,25H,1,4,10,13-17H2,2H3/t20-/m1/s1. The fraction of sp³-hybridized carbons (Fsp3) is 0.429. The van der Waals surface area contributed by atoms with Gasteiger partial charge in [-0.15, -0.1) is 6.58 Å². The van der Waals surface area contributed by atoms with Gasteiger partial charge in [-0.3, -0.25) is 4.90 Å². The molecule has 4 nitrogen and oxygen atoms in total. The van der Waals surface area contributed by atoms with Gasteiger partial charge < -0.3 is 14.4 Å². The highest BCUT2D eigenvalue weighted by Gasteiger charge is 2.14. The number of allylic oxidation sites excluding steroid dienone is 1. The predicted molar refractivity (Wildman–Crippen MR) is 103 cm³/mol. The maximum Gasteiger partial charge on any atom is 0.128 e. The molecule has 0 amide bonds. The molecule has 142 valence electrons. The van der Waals surface area contributed by atoms with Gasteiger partial charge in [-0.05, 0) is 31.0 Å². The molecule has 0 saturated heterocycles. The fourth-order valence-electron chi connectivity index (χ4n) is 2.94. The molecule has 1 aromatic carbocycles. The number of methoxy groups -OCH3 is 1. The summed E-state index contributed by atoms with van der Waals surface area (Å²) < 4.78 is 21.2. The zero-order valence-electron chi connectivity index (χ0n) is 15.5. The van der Waals surface area contributed by atoms with Crippen molar-refractivity contribution in [1.82, 2.24) is 9.47 Å². The van der Waals surface area contributed by atoms with E-state index >= 15 is 0 Å². The number of aromatic nitrogens is 1. The Balaban J connectivity index is 2.04. The van der Waals surface area contributed by atoms with E-state index in [2.05, 4.69) is 11.5 Å². The second kappa shape index (κ2) is 10.9. The van der Waals surface area contributed by atoms with Crippen LogP contribution in [0.4, 0.5) is 4.39 Å². The molecule has 1 aromatic heterocycles. The van der Waals surface area contributed by atoms with Gasteiger partial charge in [0.1, 0.15) is 5.82 Å². The van der Waals surface area contributed by atoms with Crippen molar-refractivity contribution in [3.8, 4) is 0 Å². The Hall–Kier alpha value is -1.95. The van der Waals surface area contributed by atoms with E-state index < -0.39 is 6.10 Å². The van der Waals surface area contributed by atoms with Crippen molar-refractivity contribution in [1.29, 1.82) is 0 Å². The third kappa shape index (κ3) is 6.41. The third-order valence-corrected chi connectivity index (χ3v) is 4.39. The van der Waals surface area contributed by atoms with Gasteiger partial charge >= 0.3 is 0 Å². The van der Waals surface area contributed by atoms with E-state index in [1.807, 2.05) is 35.0 Å². The Labute approximate surface area is 155 Å². The van der Waals surface area contributed by atoms with E-state index in [-0.39, 0.29) is 5.82 Å². The van der Waals surface area contributed by atoms with Crippen LogP contribution in [0.1, 0.15) is 24.1 Å². The van der Waals surface area contributed by atoms with Gasteiger partial charge in [0.15, 0.2) is 0 Å². The number of halogens is 1. The van der Waals surface area contributed by atoms with E-state index in [9.17, 15) is 9.50 Å². The summed E-state index contributed by atoms with van der Waals surface area (Å²) in [5.41, 5.74) is 1.75. The average Bonchev–Trinajstić information content (AvgIpc) is 3.06. The molecule has 0 radical (unpaired) electrons. The van der Waals surface area contributed by atoms with E-state index in [0.717, 1.165) is 18.7 Å². The Morgan fingerprint density at radius 3 is 2.85 bits per heavy atom. The molecule has 26 heavy (non-hydrogen) atoms. The van der Waals surface area contributed by atoms with E-state index in [1.54, 1.807) is 19.2 Å². The molecular formula is C21H29FN2O2. The van der Waals surface area contributed by atoms with Crippen LogP contribution in [0, 0.1) is 5.82 Å². The van der Waals surface area contributed by atoms with Gasteiger partial charge in [-0.1, -0.05) is 24.3 Å². The predicted octanol–water partition coefficient (Wildman–Crippen LogP) is 3.45. The van der Waals surface area contributed by atoms with E-state index in [1.165, 1.54) is 6.07 Å². The fourth-order valence-corrected chi connectivity index (χ4v) is 2.94. The van der Waals surface area contributed by atoms with Crippen molar-refractivity contribution < 1.29 is 14.2 Å². The highest BCUT2D eigenvalue weighted by atomic mass is 19.1. The first-order chi connectivity index (χ1) is 12.6. The maximum absolute atomic E-state index is 14.0. The van der Waals surface area contributed by atoms with Gasteiger partial charge in [0.25, 0.3) is 0 Å². The number of hydrogen-bond donors (Lipinski definition) is 1. The SMILES string of the molecule is C=CCC[C@@H](O)CN(CCOC)Cc1cccn1Cc1ccccc1F. The van der Waals surface area contributed by atoms with Crippen LogP contribution in [0.5, 0.6) is 0 Å². The first-order valence-corrected chi connectivity index (χ1v) is 9.01. The molecule has 0 aliphatic carbocycles. The van der Waals surface area contributed by atoms with Crippen LogP contribution < -0.4 is 0 Å².